The van der Waals surface area contributed by atoms with Crippen LogP contribution < -0.4 is 10.5 Å². The van der Waals surface area contributed by atoms with Crippen LogP contribution in [0.15, 0.2) is 30.5 Å². The standard InChI is InChI=1S/C13H16ClN3O/c1-9(2)18-11-5-3-10(4-6-11)8-17-13(15)12(14)7-16-17/h3-7,9H,8,15H2,1-2H3. The summed E-state index contributed by atoms with van der Waals surface area (Å²) < 4.78 is 7.25. The van der Waals surface area contributed by atoms with E-state index in [1.54, 1.807) is 10.9 Å². The number of aromatic nitrogens is 2. The van der Waals surface area contributed by atoms with E-state index in [4.69, 9.17) is 22.1 Å². The van der Waals surface area contributed by atoms with Crippen molar-refractivity contribution in [1.82, 2.24) is 9.78 Å². The van der Waals surface area contributed by atoms with Crippen LogP contribution in [0.5, 0.6) is 5.75 Å². The first-order valence-electron chi connectivity index (χ1n) is 5.78. The molecule has 0 fully saturated rings. The van der Waals surface area contributed by atoms with Crippen LogP contribution in [0.1, 0.15) is 19.4 Å². The Kier molecular flexibility index (Phi) is 3.77. The monoisotopic (exact) mass is 265 g/mol. The molecule has 1 aromatic heterocycles. The third kappa shape index (κ3) is 2.96. The maximum atomic E-state index is 5.85. The van der Waals surface area contributed by atoms with Crippen molar-refractivity contribution in [2.45, 2.75) is 26.5 Å². The summed E-state index contributed by atoms with van der Waals surface area (Å²) in [6.07, 6.45) is 1.73. The molecule has 0 saturated heterocycles. The normalized spacial score (nSPS) is 10.9. The van der Waals surface area contributed by atoms with Crippen LogP contribution in [0, 0.1) is 0 Å². The van der Waals surface area contributed by atoms with Gasteiger partial charge >= 0.3 is 0 Å². The number of nitrogen functional groups attached to an aromatic ring is 1. The Hall–Kier alpha value is -1.68. The molecule has 0 aliphatic carbocycles. The molecule has 0 bridgehead atoms. The number of nitrogens with zero attached hydrogens (tertiary/aromatic N) is 2. The van der Waals surface area contributed by atoms with E-state index >= 15 is 0 Å². The molecule has 0 radical (unpaired) electrons. The molecule has 2 aromatic rings. The molecular formula is C13H16ClN3O. The van der Waals surface area contributed by atoms with E-state index in [-0.39, 0.29) is 6.10 Å². The number of benzene rings is 1. The lowest BCUT2D eigenvalue weighted by Gasteiger charge is -2.10. The van der Waals surface area contributed by atoms with Gasteiger partial charge in [0.25, 0.3) is 0 Å². The van der Waals surface area contributed by atoms with Gasteiger partial charge in [-0.05, 0) is 31.5 Å². The lowest BCUT2D eigenvalue weighted by atomic mass is 10.2. The second kappa shape index (κ2) is 5.31. The predicted molar refractivity (Wildman–Crippen MR) is 73.0 cm³/mol. The Morgan fingerprint density at radius 2 is 2.00 bits per heavy atom. The average molecular weight is 266 g/mol. The summed E-state index contributed by atoms with van der Waals surface area (Å²) in [5.41, 5.74) is 6.89. The highest BCUT2D eigenvalue weighted by molar-refractivity contribution is 6.32. The zero-order valence-electron chi connectivity index (χ0n) is 10.4. The Morgan fingerprint density at radius 1 is 1.33 bits per heavy atom. The van der Waals surface area contributed by atoms with Gasteiger partial charge in [-0.1, -0.05) is 23.7 Å². The molecule has 0 amide bonds. The van der Waals surface area contributed by atoms with Gasteiger partial charge in [0.15, 0.2) is 0 Å². The van der Waals surface area contributed by atoms with Gasteiger partial charge in [-0.25, -0.2) is 4.68 Å². The summed E-state index contributed by atoms with van der Waals surface area (Å²) in [4.78, 5) is 0. The molecule has 2 rings (SSSR count). The molecule has 1 aromatic carbocycles. The molecule has 18 heavy (non-hydrogen) atoms. The minimum Gasteiger partial charge on any atom is -0.491 e. The van der Waals surface area contributed by atoms with Gasteiger partial charge in [-0.2, -0.15) is 5.10 Å². The van der Waals surface area contributed by atoms with Gasteiger partial charge in [-0.3, -0.25) is 0 Å². The van der Waals surface area contributed by atoms with Gasteiger partial charge in [-0.15, -0.1) is 0 Å². The van der Waals surface area contributed by atoms with Crippen LogP contribution in [0.25, 0.3) is 0 Å². The Labute approximate surface area is 111 Å². The minimum atomic E-state index is 0.177. The summed E-state index contributed by atoms with van der Waals surface area (Å²) in [5, 5.41) is 4.59. The first-order chi connectivity index (χ1) is 8.56. The first kappa shape index (κ1) is 12.8. The summed E-state index contributed by atoms with van der Waals surface area (Å²) in [7, 11) is 0. The molecule has 4 nitrogen and oxygen atoms in total. The second-order valence-corrected chi connectivity index (χ2v) is 4.75. The fourth-order valence-electron chi connectivity index (χ4n) is 1.62. The van der Waals surface area contributed by atoms with Crippen molar-refractivity contribution in [2.75, 3.05) is 5.73 Å². The van der Waals surface area contributed by atoms with Gasteiger partial charge < -0.3 is 10.5 Å². The predicted octanol–water partition coefficient (Wildman–Crippen LogP) is 2.95. The molecule has 96 valence electrons. The van der Waals surface area contributed by atoms with E-state index in [1.165, 1.54) is 0 Å². The van der Waals surface area contributed by atoms with E-state index in [0.717, 1.165) is 11.3 Å². The number of rotatable bonds is 4. The summed E-state index contributed by atoms with van der Waals surface area (Å²) in [6.45, 7) is 4.60. The lowest BCUT2D eigenvalue weighted by molar-refractivity contribution is 0.242. The maximum Gasteiger partial charge on any atom is 0.140 e. The molecule has 2 N–H and O–H groups in total. The van der Waals surface area contributed by atoms with E-state index in [2.05, 4.69) is 5.10 Å². The van der Waals surface area contributed by atoms with Crippen LogP contribution in [0.3, 0.4) is 0 Å². The highest BCUT2D eigenvalue weighted by Crippen LogP contribution is 2.19. The minimum absolute atomic E-state index is 0.177. The Morgan fingerprint density at radius 3 is 2.50 bits per heavy atom. The van der Waals surface area contributed by atoms with Crippen LogP contribution in [-0.2, 0) is 6.54 Å². The van der Waals surface area contributed by atoms with E-state index in [0.29, 0.717) is 17.4 Å². The fourth-order valence-corrected chi connectivity index (χ4v) is 1.76. The van der Waals surface area contributed by atoms with Crippen molar-refractivity contribution in [1.29, 1.82) is 0 Å². The van der Waals surface area contributed by atoms with Crippen molar-refractivity contribution in [3.8, 4) is 5.75 Å². The van der Waals surface area contributed by atoms with Gasteiger partial charge in [0.2, 0.25) is 0 Å². The van der Waals surface area contributed by atoms with Crippen molar-refractivity contribution in [3.63, 3.8) is 0 Å². The number of hydrogen-bond acceptors (Lipinski definition) is 3. The highest BCUT2D eigenvalue weighted by Gasteiger charge is 2.05. The van der Waals surface area contributed by atoms with E-state index < -0.39 is 0 Å². The molecule has 1 heterocycles. The number of anilines is 1. The molecule has 0 aliphatic rings. The number of hydrogen-bond donors (Lipinski definition) is 1. The van der Waals surface area contributed by atoms with Gasteiger partial charge in [0.1, 0.15) is 16.6 Å². The van der Waals surface area contributed by atoms with Crippen molar-refractivity contribution in [3.05, 3.63) is 41.0 Å². The van der Waals surface area contributed by atoms with Crippen molar-refractivity contribution < 1.29 is 4.74 Å². The summed E-state index contributed by atoms with van der Waals surface area (Å²) in [5.74, 6) is 1.35. The molecule has 0 spiro atoms. The first-order valence-corrected chi connectivity index (χ1v) is 6.16. The van der Waals surface area contributed by atoms with E-state index in [9.17, 15) is 0 Å². The number of nitrogens with two attached hydrogens (primary N) is 1. The fraction of sp³-hybridized carbons (Fsp3) is 0.308. The highest BCUT2D eigenvalue weighted by atomic mass is 35.5. The SMILES string of the molecule is CC(C)Oc1ccc(Cn2ncc(Cl)c2N)cc1. The summed E-state index contributed by atoms with van der Waals surface area (Å²) in [6, 6.07) is 7.87. The van der Waals surface area contributed by atoms with Crippen LogP contribution >= 0.6 is 11.6 Å². The summed E-state index contributed by atoms with van der Waals surface area (Å²) >= 11 is 5.85. The van der Waals surface area contributed by atoms with Crippen LogP contribution in [0.2, 0.25) is 5.02 Å². The maximum absolute atomic E-state index is 5.85. The topological polar surface area (TPSA) is 53.1 Å². The average Bonchev–Trinajstić information content (AvgIpc) is 2.63. The van der Waals surface area contributed by atoms with E-state index in [1.807, 2.05) is 38.1 Å². The third-order valence-corrected chi connectivity index (χ3v) is 2.75. The van der Waals surface area contributed by atoms with Crippen LogP contribution in [-0.4, -0.2) is 15.9 Å². The third-order valence-electron chi connectivity index (χ3n) is 2.46. The molecule has 5 heteroatoms. The Bertz CT molecular complexity index is 520. The quantitative estimate of drug-likeness (QED) is 0.925. The zero-order valence-corrected chi connectivity index (χ0v) is 11.2. The molecular weight excluding hydrogens is 250 g/mol. The number of halogens is 1. The van der Waals surface area contributed by atoms with Gasteiger partial charge in [0.05, 0.1) is 18.8 Å². The molecule has 0 saturated carbocycles. The lowest BCUT2D eigenvalue weighted by Crippen LogP contribution is -2.07. The Balaban J connectivity index is 2.08. The largest absolute Gasteiger partial charge is 0.491 e. The van der Waals surface area contributed by atoms with Crippen molar-refractivity contribution >= 4 is 17.4 Å². The van der Waals surface area contributed by atoms with Crippen molar-refractivity contribution in [2.24, 2.45) is 0 Å². The zero-order chi connectivity index (χ0) is 13.1. The molecule has 0 aliphatic heterocycles. The smallest absolute Gasteiger partial charge is 0.140 e. The van der Waals surface area contributed by atoms with Crippen LogP contribution in [0.4, 0.5) is 5.82 Å². The number of ether oxygens (including phenoxy) is 1. The van der Waals surface area contributed by atoms with Gasteiger partial charge in [0, 0.05) is 0 Å². The molecule has 0 atom stereocenters. The molecule has 0 unspecified atom stereocenters. The second-order valence-electron chi connectivity index (χ2n) is 4.35.